The van der Waals surface area contributed by atoms with E-state index in [0.29, 0.717) is 24.2 Å². The minimum absolute atomic E-state index is 0.0377. The third kappa shape index (κ3) is 2.24. The quantitative estimate of drug-likeness (QED) is 0.609. The first-order chi connectivity index (χ1) is 12.7. The number of phenols is 2. The van der Waals surface area contributed by atoms with Crippen LogP contribution < -0.4 is 0 Å². The molecule has 3 aliphatic rings. The first-order valence-electron chi connectivity index (χ1n) is 10.1. The molecule has 0 spiro atoms. The summed E-state index contributed by atoms with van der Waals surface area (Å²) >= 11 is 0. The molecule has 148 valence electrons. The topological polar surface area (TPSA) is 76.0 Å². The maximum Gasteiger partial charge on any atom is 0.317 e. The highest BCUT2D eigenvalue weighted by atomic mass is 16.6. The van der Waals surface area contributed by atoms with Gasteiger partial charge in [0.1, 0.15) is 17.6 Å². The van der Waals surface area contributed by atoms with Gasteiger partial charge in [0, 0.05) is 23.7 Å². The van der Waals surface area contributed by atoms with Crippen molar-refractivity contribution in [1.82, 2.24) is 0 Å². The number of phenolic OH excluding ortho intramolecular Hbond substituents is 2. The number of fused-ring (bicyclic) bond motifs is 1. The predicted molar refractivity (Wildman–Crippen MR) is 101 cm³/mol. The molecule has 0 radical (unpaired) electrons. The van der Waals surface area contributed by atoms with E-state index in [-0.39, 0.29) is 40.8 Å². The fraction of sp³-hybridized carbons (Fsp3) is 0.682. The van der Waals surface area contributed by atoms with Gasteiger partial charge >= 0.3 is 5.97 Å². The number of rotatable bonds is 3. The second-order valence-electron chi connectivity index (χ2n) is 9.32. The standard InChI is InChI=1S/C22H30O5/c1-6-26-17-13-10-12(11(2)3)15(23)16(24)14(13)22-9-7-8-21(4,5)19(22)18(17)27-20(22)25/h10-11,17-19,23-24H,6-9H2,1-5H3/t17-,18-,19+,22?/m1/s1. The van der Waals surface area contributed by atoms with Crippen molar-refractivity contribution in [2.75, 3.05) is 6.61 Å². The average molecular weight is 374 g/mol. The van der Waals surface area contributed by atoms with Gasteiger partial charge in [-0.05, 0) is 42.7 Å². The molecule has 5 heteroatoms. The number of esters is 1. The molecule has 1 saturated carbocycles. The lowest BCUT2D eigenvalue weighted by Crippen LogP contribution is -2.54. The summed E-state index contributed by atoms with van der Waals surface area (Å²) in [6, 6.07) is 1.92. The van der Waals surface area contributed by atoms with E-state index in [1.165, 1.54) is 0 Å². The van der Waals surface area contributed by atoms with Gasteiger partial charge < -0.3 is 19.7 Å². The Balaban J connectivity index is 2.06. The predicted octanol–water partition coefficient (Wildman–Crippen LogP) is 4.30. The molecule has 1 aromatic rings. The number of carbonyl (C=O) groups excluding carboxylic acids is 1. The monoisotopic (exact) mass is 374 g/mol. The smallest absolute Gasteiger partial charge is 0.317 e. The first kappa shape index (κ1) is 18.6. The van der Waals surface area contributed by atoms with Crippen LogP contribution in [0.2, 0.25) is 0 Å². The highest BCUT2D eigenvalue weighted by Gasteiger charge is 2.70. The van der Waals surface area contributed by atoms with Crippen LogP contribution in [0.3, 0.4) is 0 Å². The number of aromatic hydroxyl groups is 2. The van der Waals surface area contributed by atoms with Crippen LogP contribution >= 0.6 is 0 Å². The Kier molecular flexibility index (Phi) is 4.05. The molecule has 2 aliphatic carbocycles. The fourth-order valence-electron chi connectivity index (χ4n) is 6.05. The maximum absolute atomic E-state index is 13.2. The molecule has 5 nitrogen and oxygen atoms in total. The van der Waals surface area contributed by atoms with Gasteiger partial charge in [0.25, 0.3) is 0 Å². The Hall–Kier alpha value is -1.75. The van der Waals surface area contributed by atoms with Gasteiger partial charge in [-0.3, -0.25) is 4.79 Å². The van der Waals surface area contributed by atoms with Crippen LogP contribution in [-0.4, -0.2) is 28.9 Å². The van der Waals surface area contributed by atoms with Crippen molar-refractivity contribution in [3.05, 3.63) is 22.8 Å². The Morgan fingerprint density at radius 2 is 1.96 bits per heavy atom. The second kappa shape index (κ2) is 5.87. The number of hydrogen-bond donors (Lipinski definition) is 2. The molecule has 4 rings (SSSR count). The van der Waals surface area contributed by atoms with Gasteiger partial charge in [-0.2, -0.15) is 0 Å². The van der Waals surface area contributed by atoms with Crippen LogP contribution in [0.5, 0.6) is 11.5 Å². The van der Waals surface area contributed by atoms with Gasteiger partial charge in [-0.1, -0.05) is 34.1 Å². The molecule has 4 atom stereocenters. The summed E-state index contributed by atoms with van der Waals surface area (Å²) in [4.78, 5) is 13.2. The second-order valence-corrected chi connectivity index (χ2v) is 9.32. The summed E-state index contributed by atoms with van der Waals surface area (Å²) in [7, 11) is 0. The summed E-state index contributed by atoms with van der Waals surface area (Å²) in [5, 5.41) is 21.8. The maximum atomic E-state index is 13.2. The largest absolute Gasteiger partial charge is 0.504 e. The summed E-state index contributed by atoms with van der Waals surface area (Å²) in [6.45, 7) is 10.7. The minimum Gasteiger partial charge on any atom is -0.504 e. The van der Waals surface area contributed by atoms with E-state index in [9.17, 15) is 15.0 Å². The lowest BCUT2D eigenvalue weighted by Gasteiger charge is -2.52. The lowest BCUT2D eigenvalue weighted by molar-refractivity contribution is -0.150. The molecule has 2 N–H and O–H groups in total. The van der Waals surface area contributed by atoms with E-state index in [1.54, 1.807) is 0 Å². The lowest BCUT2D eigenvalue weighted by atomic mass is 9.49. The molecule has 1 saturated heterocycles. The molecule has 1 aromatic carbocycles. The van der Waals surface area contributed by atoms with Gasteiger partial charge in [0.2, 0.25) is 0 Å². The highest BCUT2D eigenvalue weighted by molar-refractivity contribution is 5.90. The van der Waals surface area contributed by atoms with E-state index in [1.807, 2.05) is 26.8 Å². The van der Waals surface area contributed by atoms with E-state index in [4.69, 9.17) is 9.47 Å². The van der Waals surface area contributed by atoms with Gasteiger partial charge in [-0.15, -0.1) is 0 Å². The average Bonchev–Trinajstić information content (AvgIpc) is 2.84. The van der Waals surface area contributed by atoms with E-state index < -0.39 is 11.5 Å². The van der Waals surface area contributed by atoms with Crippen molar-refractivity contribution < 1.29 is 24.5 Å². The molecule has 2 fully saturated rings. The van der Waals surface area contributed by atoms with Crippen molar-refractivity contribution in [2.24, 2.45) is 11.3 Å². The van der Waals surface area contributed by atoms with Crippen LogP contribution in [-0.2, 0) is 19.7 Å². The highest BCUT2D eigenvalue weighted by Crippen LogP contribution is 2.67. The van der Waals surface area contributed by atoms with Gasteiger partial charge in [0.05, 0.1) is 0 Å². The fourth-order valence-corrected chi connectivity index (χ4v) is 6.05. The van der Waals surface area contributed by atoms with Crippen LogP contribution in [0.25, 0.3) is 0 Å². The Morgan fingerprint density at radius 1 is 1.26 bits per heavy atom. The molecular formula is C22H30O5. The van der Waals surface area contributed by atoms with Crippen molar-refractivity contribution in [2.45, 2.75) is 77.4 Å². The zero-order valence-electron chi connectivity index (χ0n) is 16.8. The van der Waals surface area contributed by atoms with Crippen LogP contribution in [0.4, 0.5) is 0 Å². The van der Waals surface area contributed by atoms with Gasteiger partial charge in [0.15, 0.2) is 11.5 Å². The Labute approximate surface area is 160 Å². The number of benzene rings is 1. The number of carbonyl (C=O) groups is 1. The third-order valence-electron chi connectivity index (χ3n) is 7.05. The third-order valence-corrected chi connectivity index (χ3v) is 7.05. The van der Waals surface area contributed by atoms with Gasteiger partial charge in [-0.25, -0.2) is 0 Å². The van der Waals surface area contributed by atoms with Crippen LogP contribution in [0.15, 0.2) is 6.07 Å². The zero-order chi connectivity index (χ0) is 19.7. The molecule has 2 bridgehead atoms. The molecule has 1 aliphatic heterocycles. The summed E-state index contributed by atoms with van der Waals surface area (Å²) in [6.07, 6.45) is 1.74. The molecule has 27 heavy (non-hydrogen) atoms. The molecule has 1 unspecified atom stereocenters. The summed E-state index contributed by atoms with van der Waals surface area (Å²) in [5.74, 6) is -0.600. The summed E-state index contributed by atoms with van der Waals surface area (Å²) < 4.78 is 12.0. The van der Waals surface area contributed by atoms with E-state index in [2.05, 4.69) is 13.8 Å². The Morgan fingerprint density at radius 3 is 2.59 bits per heavy atom. The van der Waals surface area contributed by atoms with Crippen molar-refractivity contribution in [3.8, 4) is 11.5 Å². The van der Waals surface area contributed by atoms with Crippen molar-refractivity contribution in [3.63, 3.8) is 0 Å². The number of ether oxygens (including phenoxy) is 2. The van der Waals surface area contributed by atoms with E-state index >= 15 is 0 Å². The van der Waals surface area contributed by atoms with Crippen LogP contribution in [0.1, 0.15) is 82.6 Å². The SMILES string of the molecule is CCO[C@@H]1c2cc(C(C)C)c(O)c(O)c2C23CCCC(C)(C)[C@@H]2[C@@H]1OC3=O. The molecule has 1 heterocycles. The molecule has 0 amide bonds. The first-order valence-corrected chi connectivity index (χ1v) is 10.1. The minimum atomic E-state index is -0.896. The Bertz CT molecular complexity index is 796. The number of hydrogen-bond acceptors (Lipinski definition) is 5. The van der Waals surface area contributed by atoms with Crippen molar-refractivity contribution >= 4 is 5.97 Å². The summed E-state index contributed by atoms with van der Waals surface area (Å²) in [5.41, 5.74) is 1.00. The zero-order valence-corrected chi connectivity index (χ0v) is 16.8. The van der Waals surface area contributed by atoms with Crippen LogP contribution in [0, 0.1) is 11.3 Å². The molecular weight excluding hydrogens is 344 g/mol. The van der Waals surface area contributed by atoms with E-state index in [0.717, 1.165) is 18.4 Å². The normalized spacial score (nSPS) is 33.6. The molecule has 0 aromatic heterocycles. The van der Waals surface area contributed by atoms with Crippen molar-refractivity contribution in [1.29, 1.82) is 0 Å².